The minimum absolute atomic E-state index is 0.243. The van der Waals surface area contributed by atoms with Crippen molar-refractivity contribution in [3.63, 3.8) is 0 Å². The van der Waals surface area contributed by atoms with E-state index in [0.717, 1.165) is 0 Å². The fourth-order valence-electron chi connectivity index (χ4n) is 4.22. The van der Waals surface area contributed by atoms with Gasteiger partial charge in [0, 0.05) is 17.0 Å². The van der Waals surface area contributed by atoms with Crippen LogP contribution >= 0.6 is 0 Å². The fraction of sp³-hybridized carbons (Fsp3) is 0.545. The number of ether oxygens (including phenoxy) is 2. The summed E-state index contributed by atoms with van der Waals surface area (Å²) >= 11 is 0. The molecule has 7 nitrogen and oxygen atoms in total. The molecule has 2 heterocycles. The van der Waals surface area contributed by atoms with Crippen LogP contribution in [0.25, 0.3) is 0 Å². The molecule has 7 heteroatoms. The fourth-order valence-corrected chi connectivity index (χ4v) is 4.22. The number of ketones is 1. The minimum atomic E-state index is -0.918. The van der Waals surface area contributed by atoms with Gasteiger partial charge in [-0.25, -0.2) is 0 Å². The molecule has 0 radical (unpaired) electrons. The maximum atomic E-state index is 13.4. The van der Waals surface area contributed by atoms with Crippen LogP contribution in [0.3, 0.4) is 0 Å². The third-order valence-electron chi connectivity index (χ3n) is 5.57. The normalized spacial score (nSPS) is 26.7. The van der Waals surface area contributed by atoms with E-state index in [2.05, 4.69) is 4.99 Å². The summed E-state index contributed by atoms with van der Waals surface area (Å²) < 4.78 is 16.1. The SMILES string of the molecule is CCCOC(=O)C1C(C)=NC2=C(C(=O)C(C(=O)OC)C(C)C2)C1c1ccc(C)o1. The lowest BCUT2D eigenvalue weighted by molar-refractivity contribution is -0.151. The van der Waals surface area contributed by atoms with Gasteiger partial charge in [-0.1, -0.05) is 13.8 Å². The number of rotatable bonds is 5. The lowest BCUT2D eigenvalue weighted by Gasteiger charge is -2.37. The molecule has 1 aliphatic carbocycles. The Balaban J connectivity index is 2.13. The van der Waals surface area contributed by atoms with Gasteiger partial charge in [-0.2, -0.15) is 0 Å². The second kappa shape index (κ2) is 8.35. The van der Waals surface area contributed by atoms with Gasteiger partial charge in [0.05, 0.1) is 19.6 Å². The summed E-state index contributed by atoms with van der Waals surface area (Å²) in [4.78, 5) is 43.2. The summed E-state index contributed by atoms with van der Waals surface area (Å²) in [6, 6.07) is 3.56. The molecular formula is C22H27NO6. The monoisotopic (exact) mass is 401 g/mol. The Kier molecular flexibility index (Phi) is 6.05. The second-order valence-corrected chi connectivity index (χ2v) is 7.73. The molecule has 3 rings (SSSR count). The summed E-state index contributed by atoms with van der Waals surface area (Å²) in [5.74, 6) is -2.81. The Morgan fingerprint density at radius 2 is 1.93 bits per heavy atom. The first-order valence-corrected chi connectivity index (χ1v) is 9.93. The predicted molar refractivity (Wildman–Crippen MR) is 105 cm³/mol. The third kappa shape index (κ3) is 3.78. The van der Waals surface area contributed by atoms with Gasteiger partial charge in [0.25, 0.3) is 0 Å². The summed E-state index contributed by atoms with van der Waals surface area (Å²) in [7, 11) is 1.27. The molecule has 1 aromatic rings. The molecule has 0 bridgehead atoms. The maximum absolute atomic E-state index is 13.4. The average molecular weight is 401 g/mol. The number of hydrogen-bond acceptors (Lipinski definition) is 7. The van der Waals surface area contributed by atoms with Crippen LogP contribution in [0.1, 0.15) is 51.1 Å². The summed E-state index contributed by atoms with van der Waals surface area (Å²) in [6.07, 6.45) is 1.14. The van der Waals surface area contributed by atoms with Gasteiger partial charge in [0.15, 0.2) is 5.78 Å². The van der Waals surface area contributed by atoms with E-state index in [1.54, 1.807) is 26.0 Å². The van der Waals surface area contributed by atoms with E-state index < -0.39 is 29.7 Å². The van der Waals surface area contributed by atoms with Crippen molar-refractivity contribution in [2.45, 2.75) is 46.5 Å². The number of Topliss-reactive ketones (excluding diaryl/α,β-unsaturated/α-hetero) is 1. The zero-order valence-electron chi connectivity index (χ0n) is 17.5. The molecule has 0 N–H and O–H groups in total. The Hall–Kier alpha value is -2.70. The van der Waals surface area contributed by atoms with E-state index in [0.29, 0.717) is 41.3 Å². The highest BCUT2D eigenvalue weighted by Gasteiger charge is 2.50. The average Bonchev–Trinajstić information content (AvgIpc) is 3.10. The summed E-state index contributed by atoms with van der Waals surface area (Å²) in [5.41, 5.74) is 1.55. The van der Waals surface area contributed by atoms with Crippen LogP contribution in [0.2, 0.25) is 0 Å². The number of aliphatic imine (C=N–C) groups is 1. The van der Waals surface area contributed by atoms with Gasteiger partial charge < -0.3 is 13.9 Å². The van der Waals surface area contributed by atoms with Crippen molar-refractivity contribution in [3.05, 3.63) is 34.9 Å². The van der Waals surface area contributed by atoms with Gasteiger partial charge in [0.2, 0.25) is 0 Å². The van der Waals surface area contributed by atoms with E-state index in [9.17, 15) is 14.4 Å². The van der Waals surface area contributed by atoms with Crippen LogP contribution in [0.4, 0.5) is 0 Å². The predicted octanol–water partition coefficient (Wildman–Crippen LogP) is 3.37. The molecule has 0 saturated heterocycles. The van der Waals surface area contributed by atoms with Crippen LogP contribution < -0.4 is 0 Å². The van der Waals surface area contributed by atoms with E-state index in [1.165, 1.54) is 7.11 Å². The van der Waals surface area contributed by atoms with Crippen molar-refractivity contribution in [2.75, 3.05) is 13.7 Å². The van der Waals surface area contributed by atoms with Gasteiger partial charge in [-0.3, -0.25) is 19.4 Å². The van der Waals surface area contributed by atoms with Crippen molar-refractivity contribution in [1.29, 1.82) is 0 Å². The highest BCUT2D eigenvalue weighted by molar-refractivity contribution is 6.14. The number of carbonyl (C=O) groups is 3. The smallest absolute Gasteiger partial charge is 0.316 e. The molecule has 156 valence electrons. The quantitative estimate of drug-likeness (QED) is 0.554. The lowest BCUT2D eigenvalue weighted by atomic mass is 9.68. The second-order valence-electron chi connectivity index (χ2n) is 7.73. The lowest BCUT2D eigenvalue weighted by Crippen LogP contribution is -2.43. The molecule has 0 saturated carbocycles. The van der Waals surface area contributed by atoms with Gasteiger partial charge >= 0.3 is 11.9 Å². The zero-order chi connectivity index (χ0) is 21.3. The number of furan rings is 1. The van der Waals surface area contributed by atoms with Gasteiger partial charge in [-0.15, -0.1) is 0 Å². The number of esters is 2. The van der Waals surface area contributed by atoms with Crippen molar-refractivity contribution in [2.24, 2.45) is 22.7 Å². The topological polar surface area (TPSA) is 95.2 Å². The Morgan fingerprint density at radius 1 is 1.21 bits per heavy atom. The molecule has 0 amide bonds. The van der Waals surface area contributed by atoms with E-state index in [4.69, 9.17) is 13.9 Å². The Bertz CT molecular complexity index is 893. The standard InChI is InChI=1S/C22H27NO6/c1-6-9-28-22(26)17-13(4)23-14-10-11(2)16(21(25)27-5)20(24)18(14)19(17)15-8-7-12(3)29-15/h7-8,11,16-17,19H,6,9-10H2,1-5H3. The van der Waals surface area contributed by atoms with Crippen molar-refractivity contribution >= 4 is 23.4 Å². The summed E-state index contributed by atoms with van der Waals surface area (Å²) in [5, 5.41) is 0. The highest BCUT2D eigenvalue weighted by atomic mass is 16.5. The molecule has 4 unspecified atom stereocenters. The van der Waals surface area contributed by atoms with Crippen molar-refractivity contribution in [3.8, 4) is 0 Å². The van der Waals surface area contributed by atoms with Crippen LogP contribution in [-0.4, -0.2) is 37.2 Å². The maximum Gasteiger partial charge on any atom is 0.316 e. The van der Waals surface area contributed by atoms with Crippen LogP contribution in [-0.2, 0) is 23.9 Å². The summed E-state index contributed by atoms with van der Waals surface area (Å²) in [6.45, 7) is 7.60. The first kappa shape index (κ1) is 21.0. The molecule has 0 spiro atoms. The van der Waals surface area contributed by atoms with E-state index >= 15 is 0 Å². The number of hydrogen-bond donors (Lipinski definition) is 0. The Morgan fingerprint density at radius 3 is 2.52 bits per heavy atom. The van der Waals surface area contributed by atoms with Crippen LogP contribution in [0.15, 0.2) is 32.8 Å². The van der Waals surface area contributed by atoms with E-state index in [1.807, 2.05) is 13.8 Å². The largest absolute Gasteiger partial charge is 0.468 e. The van der Waals surface area contributed by atoms with Gasteiger partial charge in [0.1, 0.15) is 23.4 Å². The number of nitrogens with zero attached hydrogens (tertiary/aromatic N) is 1. The van der Waals surface area contributed by atoms with E-state index in [-0.39, 0.29) is 18.3 Å². The highest BCUT2D eigenvalue weighted by Crippen LogP contribution is 2.46. The van der Waals surface area contributed by atoms with Crippen molar-refractivity contribution < 1.29 is 28.3 Å². The van der Waals surface area contributed by atoms with Crippen LogP contribution in [0.5, 0.6) is 0 Å². The number of aryl methyl sites for hydroxylation is 1. The molecule has 0 fully saturated rings. The third-order valence-corrected chi connectivity index (χ3v) is 5.57. The number of carbonyl (C=O) groups excluding carboxylic acids is 3. The number of methoxy groups -OCH3 is 1. The molecule has 4 atom stereocenters. The Labute approximate surface area is 170 Å². The molecule has 1 aliphatic heterocycles. The van der Waals surface area contributed by atoms with Crippen LogP contribution in [0, 0.1) is 24.7 Å². The van der Waals surface area contributed by atoms with Crippen molar-refractivity contribution in [1.82, 2.24) is 0 Å². The van der Waals surface area contributed by atoms with Gasteiger partial charge in [-0.05, 0) is 44.7 Å². The minimum Gasteiger partial charge on any atom is -0.468 e. The zero-order valence-corrected chi connectivity index (χ0v) is 17.5. The number of allylic oxidation sites excluding steroid dienone is 2. The molecule has 1 aromatic heterocycles. The molecule has 2 aliphatic rings. The molecule has 0 aromatic carbocycles. The first-order valence-electron chi connectivity index (χ1n) is 9.93. The molecule has 29 heavy (non-hydrogen) atoms. The molecular weight excluding hydrogens is 374 g/mol. The first-order chi connectivity index (χ1) is 13.8.